The Morgan fingerprint density at radius 3 is 2.48 bits per heavy atom. The number of esters is 1. The molecule has 0 radical (unpaired) electrons. The molecule has 1 amide bonds. The molecule has 1 saturated carbocycles. The van der Waals surface area contributed by atoms with Crippen LogP contribution in [0.25, 0.3) is 5.69 Å². The summed E-state index contributed by atoms with van der Waals surface area (Å²) < 4.78 is 8.07. The number of para-hydroxylation sites is 1. The second kappa shape index (κ2) is 7.82. The molecule has 0 saturated heterocycles. The number of nitrogens with zero attached hydrogens (tertiary/aromatic N) is 2. The van der Waals surface area contributed by atoms with E-state index in [9.17, 15) is 14.4 Å². The highest BCUT2D eigenvalue weighted by atomic mass is 16.5. The number of hydrogen-bond donors (Lipinski definition) is 1. The van der Waals surface area contributed by atoms with Gasteiger partial charge in [0.15, 0.2) is 0 Å². The fourth-order valence-electron chi connectivity index (χ4n) is 3.75. The molecule has 0 bridgehead atoms. The van der Waals surface area contributed by atoms with E-state index < -0.39 is 0 Å². The van der Waals surface area contributed by atoms with E-state index in [4.69, 9.17) is 4.74 Å². The molecule has 3 rings (SSSR count). The summed E-state index contributed by atoms with van der Waals surface area (Å²) in [6.45, 7) is 1.80. The van der Waals surface area contributed by atoms with Gasteiger partial charge in [0.05, 0.1) is 24.4 Å². The highest BCUT2D eigenvalue weighted by Crippen LogP contribution is 2.30. The zero-order chi connectivity index (χ0) is 19.6. The summed E-state index contributed by atoms with van der Waals surface area (Å²) in [5.41, 5.74) is 1.43. The number of anilines is 1. The van der Waals surface area contributed by atoms with E-state index in [1.807, 2.05) is 30.3 Å². The quantitative estimate of drug-likeness (QED) is 0.837. The first-order valence-corrected chi connectivity index (χ1v) is 9.16. The maximum absolute atomic E-state index is 12.9. The van der Waals surface area contributed by atoms with Crippen molar-refractivity contribution < 1.29 is 14.3 Å². The van der Waals surface area contributed by atoms with Crippen molar-refractivity contribution in [2.24, 2.45) is 18.9 Å². The molecule has 1 aromatic carbocycles. The highest BCUT2D eigenvalue weighted by molar-refractivity contribution is 5.93. The number of rotatable bonds is 4. The summed E-state index contributed by atoms with van der Waals surface area (Å²) in [6, 6.07) is 9.28. The third-order valence-electron chi connectivity index (χ3n) is 5.38. The number of methoxy groups -OCH3 is 1. The van der Waals surface area contributed by atoms with Gasteiger partial charge >= 0.3 is 5.97 Å². The van der Waals surface area contributed by atoms with Crippen molar-refractivity contribution in [3.05, 3.63) is 46.4 Å². The van der Waals surface area contributed by atoms with Crippen LogP contribution < -0.4 is 10.9 Å². The molecule has 7 heteroatoms. The van der Waals surface area contributed by atoms with Crippen LogP contribution in [0.3, 0.4) is 0 Å². The molecule has 2 unspecified atom stereocenters. The molecule has 7 nitrogen and oxygen atoms in total. The molecule has 0 aliphatic heterocycles. The maximum Gasteiger partial charge on any atom is 0.308 e. The van der Waals surface area contributed by atoms with Crippen molar-refractivity contribution in [1.29, 1.82) is 0 Å². The first-order chi connectivity index (χ1) is 12.9. The predicted molar refractivity (Wildman–Crippen MR) is 102 cm³/mol. The van der Waals surface area contributed by atoms with Crippen LogP contribution in [0.1, 0.15) is 31.4 Å². The molecule has 0 spiro atoms. The summed E-state index contributed by atoms with van der Waals surface area (Å²) in [6.07, 6.45) is 2.69. The Bertz CT molecular complexity index is 898. The number of hydrogen-bond acceptors (Lipinski definition) is 4. The molecular formula is C20H25N3O4. The van der Waals surface area contributed by atoms with Crippen molar-refractivity contribution in [3.63, 3.8) is 0 Å². The van der Waals surface area contributed by atoms with E-state index in [1.54, 1.807) is 18.7 Å². The maximum atomic E-state index is 12.9. The van der Waals surface area contributed by atoms with Gasteiger partial charge < -0.3 is 10.1 Å². The Hall–Kier alpha value is -2.83. The molecule has 2 atom stereocenters. The highest BCUT2D eigenvalue weighted by Gasteiger charge is 2.32. The number of nitrogens with one attached hydrogen (secondary N) is 1. The van der Waals surface area contributed by atoms with Gasteiger partial charge in [0, 0.05) is 13.0 Å². The molecule has 2 aromatic rings. The van der Waals surface area contributed by atoms with Crippen molar-refractivity contribution in [1.82, 2.24) is 9.36 Å². The topological polar surface area (TPSA) is 82.3 Å². The molecule has 1 N–H and O–H groups in total. The summed E-state index contributed by atoms with van der Waals surface area (Å²) in [7, 11) is 3.15. The standard InChI is InChI=1S/C20H25N3O4/c1-13-17(19(25)23(22(13)2)16-10-5-4-6-11-16)21-18(24)14-8-7-9-15(12-14)20(26)27-3/h4-6,10-11,14-15H,7-9,12H2,1-3H3,(H,21,24). The van der Waals surface area contributed by atoms with E-state index in [0.717, 1.165) is 18.5 Å². The summed E-state index contributed by atoms with van der Waals surface area (Å²) in [5, 5.41) is 2.81. The molecule has 1 aromatic heterocycles. The van der Waals surface area contributed by atoms with Crippen molar-refractivity contribution in [2.45, 2.75) is 32.6 Å². The van der Waals surface area contributed by atoms with Gasteiger partial charge in [0.2, 0.25) is 5.91 Å². The first-order valence-electron chi connectivity index (χ1n) is 9.16. The van der Waals surface area contributed by atoms with Crippen LogP contribution in [-0.2, 0) is 21.4 Å². The number of carbonyl (C=O) groups is 2. The molecule has 144 valence electrons. The molecule has 27 heavy (non-hydrogen) atoms. The van der Waals surface area contributed by atoms with E-state index in [-0.39, 0.29) is 35.0 Å². The first kappa shape index (κ1) is 18.9. The SMILES string of the molecule is COC(=O)C1CCCC(C(=O)Nc2c(C)n(C)n(-c3ccccc3)c2=O)C1. The zero-order valence-corrected chi connectivity index (χ0v) is 15.9. The summed E-state index contributed by atoms with van der Waals surface area (Å²) in [4.78, 5) is 37.5. The van der Waals surface area contributed by atoms with Crippen molar-refractivity contribution in [2.75, 3.05) is 12.4 Å². The Morgan fingerprint density at radius 2 is 1.81 bits per heavy atom. The van der Waals surface area contributed by atoms with Crippen molar-refractivity contribution >= 4 is 17.6 Å². The summed E-state index contributed by atoms with van der Waals surface area (Å²) >= 11 is 0. The molecule has 1 heterocycles. The van der Waals surface area contributed by atoms with E-state index in [1.165, 1.54) is 11.8 Å². The fourth-order valence-corrected chi connectivity index (χ4v) is 3.75. The zero-order valence-electron chi connectivity index (χ0n) is 15.9. The van der Waals surface area contributed by atoms with Crippen LogP contribution in [0.15, 0.2) is 35.1 Å². The van der Waals surface area contributed by atoms with Crippen LogP contribution >= 0.6 is 0 Å². The average Bonchev–Trinajstić information content (AvgIpc) is 2.91. The van der Waals surface area contributed by atoms with E-state index in [2.05, 4.69) is 5.32 Å². The Morgan fingerprint density at radius 1 is 1.15 bits per heavy atom. The Kier molecular flexibility index (Phi) is 5.48. The van der Waals surface area contributed by atoms with Gasteiger partial charge in [0.1, 0.15) is 5.69 Å². The monoisotopic (exact) mass is 371 g/mol. The smallest absolute Gasteiger partial charge is 0.308 e. The predicted octanol–water partition coefficient (Wildman–Crippen LogP) is 2.40. The van der Waals surface area contributed by atoms with Crippen LogP contribution in [0.5, 0.6) is 0 Å². The lowest BCUT2D eigenvalue weighted by atomic mass is 9.81. The lowest BCUT2D eigenvalue weighted by Crippen LogP contribution is -2.32. The largest absolute Gasteiger partial charge is 0.469 e. The fraction of sp³-hybridized carbons (Fsp3) is 0.450. The molecule has 1 aliphatic carbocycles. The van der Waals surface area contributed by atoms with Gasteiger partial charge in [-0.2, -0.15) is 0 Å². The molecule has 1 fully saturated rings. The lowest BCUT2D eigenvalue weighted by molar-refractivity contribution is -0.147. The van der Waals surface area contributed by atoms with Crippen molar-refractivity contribution in [3.8, 4) is 5.69 Å². The number of aromatic nitrogens is 2. The third-order valence-corrected chi connectivity index (χ3v) is 5.38. The molecule has 1 aliphatic rings. The van der Waals surface area contributed by atoms with Gasteiger partial charge in [0.25, 0.3) is 5.56 Å². The van der Waals surface area contributed by atoms with Gasteiger partial charge in [-0.3, -0.25) is 19.1 Å². The van der Waals surface area contributed by atoms with E-state index in [0.29, 0.717) is 18.5 Å². The second-order valence-electron chi connectivity index (χ2n) is 7.01. The number of amides is 1. The van der Waals surface area contributed by atoms with Gasteiger partial charge in [-0.15, -0.1) is 0 Å². The Balaban J connectivity index is 1.83. The summed E-state index contributed by atoms with van der Waals surface area (Å²) in [5.74, 6) is -1.03. The lowest BCUT2D eigenvalue weighted by Gasteiger charge is -2.26. The van der Waals surface area contributed by atoms with Crippen LogP contribution in [-0.4, -0.2) is 28.3 Å². The Labute approximate surface area is 157 Å². The van der Waals surface area contributed by atoms with Gasteiger partial charge in [-0.1, -0.05) is 24.6 Å². The minimum atomic E-state index is -0.299. The van der Waals surface area contributed by atoms with Crippen LogP contribution in [0.2, 0.25) is 0 Å². The van der Waals surface area contributed by atoms with E-state index >= 15 is 0 Å². The normalized spacial score (nSPS) is 19.5. The number of benzene rings is 1. The van der Waals surface area contributed by atoms with Gasteiger partial charge in [-0.05, 0) is 38.3 Å². The van der Waals surface area contributed by atoms with Crippen LogP contribution in [0, 0.1) is 18.8 Å². The minimum Gasteiger partial charge on any atom is -0.469 e. The average molecular weight is 371 g/mol. The minimum absolute atomic E-state index is 0.213. The third kappa shape index (κ3) is 3.67. The van der Waals surface area contributed by atoms with Crippen LogP contribution in [0.4, 0.5) is 5.69 Å². The van der Waals surface area contributed by atoms with Gasteiger partial charge in [-0.25, -0.2) is 4.68 Å². The second-order valence-corrected chi connectivity index (χ2v) is 7.01. The molecular weight excluding hydrogens is 346 g/mol. The number of carbonyl (C=O) groups excluding carboxylic acids is 2. The number of ether oxygens (including phenoxy) is 1.